The van der Waals surface area contributed by atoms with Gasteiger partial charge in [0.05, 0.1) is 41.3 Å². The molecule has 0 spiro atoms. The second-order valence-electron chi connectivity index (χ2n) is 26.3. The van der Waals surface area contributed by atoms with Crippen LogP contribution in [0, 0.1) is 5.41 Å². The highest BCUT2D eigenvalue weighted by molar-refractivity contribution is 6.32. The number of benzene rings is 5. The Kier molecular flexibility index (Phi) is 21.7. The van der Waals surface area contributed by atoms with Crippen molar-refractivity contribution < 1.29 is 118 Å². The highest BCUT2D eigenvalue weighted by atomic mass is 35.5. The molecule has 35 heteroatoms. The van der Waals surface area contributed by atoms with Crippen LogP contribution in [0.3, 0.4) is 0 Å². The minimum absolute atomic E-state index is 0.170. The predicted octanol–water partition coefficient (Wildman–Crippen LogP) is 0.106. The zero-order valence-corrected chi connectivity index (χ0v) is 56.1. The number of halogens is 2. The summed E-state index contributed by atoms with van der Waals surface area (Å²) in [7, 11) is 1.46. The van der Waals surface area contributed by atoms with Crippen LogP contribution in [-0.2, 0) is 52.6 Å². The molecule has 18 atom stereocenters. The molecule has 0 unspecified atom stereocenters. The lowest BCUT2D eigenvalue weighted by Crippen LogP contribution is -2.64. The van der Waals surface area contributed by atoms with Gasteiger partial charge in [-0.3, -0.25) is 33.6 Å². The second kappa shape index (κ2) is 29.4. The molecule has 2 saturated heterocycles. The number of phenols is 3. The van der Waals surface area contributed by atoms with Gasteiger partial charge in [0.15, 0.2) is 29.9 Å². The first-order chi connectivity index (χ1) is 47.5. The molecule has 11 bridgehead atoms. The molecule has 0 aliphatic carbocycles. The van der Waals surface area contributed by atoms with E-state index in [-0.39, 0.29) is 33.9 Å². The fraction of sp³-hybridized carbons (Fsp3) is 0.424. The van der Waals surface area contributed by atoms with Crippen molar-refractivity contribution in [1.82, 2.24) is 37.2 Å². The molecule has 0 saturated carbocycles. The number of carbonyl (C=O) groups excluding carboxylic acids is 7. The van der Waals surface area contributed by atoms with Crippen molar-refractivity contribution in [2.75, 3.05) is 13.7 Å². The number of aliphatic hydroxyl groups is 6. The summed E-state index contributed by atoms with van der Waals surface area (Å²) in [4.78, 5) is 117. The van der Waals surface area contributed by atoms with Crippen LogP contribution >= 0.6 is 23.2 Å². The number of ether oxygens (including phenoxy) is 6. The number of primary amides is 1. The summed E-state index contributed by atoms with van der Waals surface area (Å²) in [6, 6.07) is -0.815. The van der Waals surface area contributed by atoms with Crippen molar-refractivity contribution in [3.8, 4) is 57.1 Å². The molecule has 0 radical (unpaired) electrons. The number of carboxylic acid groups (broad SMARTS) is 1. The third-order valence-electron chi connectivity index (χ3n) is 17.8. The Morgan fingerprint density at radius 2 is 1.31 bits per heavy atom. The summed E-state index contributed by atoms with van der Waals surface area (Å²) >= 11 is 14.1. The van der Waals surface area contributed by atoms with Crippen LogP contribution in [0.15, 0.2) is 78.9 Å². The van der Waals surface area contributed by atoms with Gasteiger partial charge in [-0.15, -0.1) is 0 Å². The van der Waals surface area contributed by atoms with Gasteiger partial charge in [0.25, 0.3) is 0 Å². The highest BCUT2D eigenvalue weighted by Gasteiger charge is 2.52. The van der Waals surface area contributed by atoms with Gasteiger partial charge < -0.3 is 128 Å². The average molecular weight is 1450 g/mol. The number of aromatic hydroxyl groups is 3. The molecule has 101 heavy (non-hydrogen) atoms. The van der Waals surface area contributed by atoms with Gasteiger partial charge in [-0.1, -0.05) is 62.2 Å². The summed E-state index contributed by atoms with van der Waals surface area (Å²) < 4.78 is 38.3. The Bertz CT molecular complexity index is 4100. The van der Waals surface area contributed by atoms with E-state index in [4.69, 9.17) is 63.1 Å². The molecule has 0 aromatic heterocycles. The van der Waals surface area contributed by atoms with Crippen LogP contribution < -0.4 is 62.9 Å². The molecule has 542 valence electrons. The predicted molar refractivity (Wildman–Crippen MR) is 349 cm³/mol. The standard InChI is InChI=1S/C66H75Cl2N9O24/c1-23-56(87)66(5,70)21-42(96-23)100-54-52(86)51(85)40(22-78)99-64(54)101-53-38-16-27-17-39(53)98-37-12-9-26(15-32(37)68)50(84)48-61(92)75-46(63(94)95)30-18-28(79)19-35(81)43(30)29-13-24(7-10-34(29)80)44(58(89)76-48)74-59(90)45(27)73-57(88)33(20-41(69)82)72-60(91)47(77-62(93)55(71-6)65(2,3)4)49(83)25-8-11-36(97-38)31(67)14-25/h7-19,23,33,40,42,44-52,54-56,64,71,78-81,83-87H,20-22,70H2,1-6H3,(H2,69,82)(H,72,91)(H,73,88)(H,74,90)(H,75,92)(H,76,89)(H,77,93)(H,94,95)/t23-,33-,40+,42-,44+,45+,46-,47+,48-,49+,50+,51+,52-,54+,55-,56+,64-,66-/m0/s1. The van der Waals surface area contributed by atoms with Crippen molar-refractivity contribution in [3.63, 3.8) is 0 Å². The number of nitrogens with one attached hydrogen (secondary N) is 7. The third-order valence-corrected chi connectivity index (χ3v) is 18.4. The summed E-state index contributed by atoms with van der Waals surface area (Å²) in [5, 5.41) is 131. The van der Waals surface area contributed by atoms with Crippen molar-refractivity contribution in [1.29, 1.82) is 0 Å². The number of fused-ring (bicyclic) bond motifs is 15. The summed E-state index contributed by atoms with van der Waals surface area (Å²) in [6.07, 6.45) is -18.8. The summed E-state index contributed by atoms with van der Waals surface area (Å²) in [5.74, 6) is -16.0. The average Bonchev–Trinajstić information content (AvgIpc) is 0.761. The van der Waals surface area contributed by atoms with E-state index in [1.54, 1.807) is 20.8 Å². The first kappa shape index (κ1) is 74.5. The summed E-state index contributed by atoms with van der Waals surface area (Å²) in [6.45, 7) is 7.11. The van der Waals surface area contributed by atoms with E-state index in [1.165, 1.54) is 33.0 Å². The number of aliphatic hydroxyl groups excluding tert-OH is 6. The molecular weight excluding hydrogens is 1370 g/mol. The van der Waals surface area contributed by atoms with Gasteiger partial charge >= 0.3 is 5.97 Å². The molecule has 12 rings (SSSR count). The van der Waals surface area contributed by atoms with Crippen molar-refractivity contribution >= 4 is 70.5 Å². The Morgan fingerprint density at radius 3 is 1.88 bits per heavy atom. The van der Waals surface area contributed by atoms with Gasteiger partial charge in [0, 0.05) is 34.7 Å². The van der Waals surface area contributed by atoms with E-state index in [9.17, 15) is 75.0 Å². The van der Waals surface area contributed by atoms with E-state index in [2.05, 4.69) is 37.2 Å². The van der Waals surface area contributed by atoms with Crippen LogP contribution in [0.5, 0.6) is 46.0 Å². The third kappa shape index (κ3) is 15.5. The normalized spacial score (nSPS) is 29.6. The van der Waals surface area contributed by atoms with Crippen molar-refractivity contribution in [2.45, 2.75) is 157 Å². The Balaban J connectivity index is 1.24. The number of amides is 7. The van der Waals surface area contributed by atoms with Gasteiger partial charge in [-0.2, -0.15) is 0 Å². The zero-order chi connectivity index (χ0) is 73.8. The van der Waals surface area contributed by atoms with Gasteiger partial charge in [-0.25, -0.2) is 4.79 Å². The molecular formula is C66H75Cl2N9O24. The lowest BCUT2D eigenvalue weighted by atomic mass is 9.86. The maximum absolute atomic E-state index is 16.0. The van der Waals surface area contributed by atoms with Crippen LogP contribution in [0.4, 0.5) is 0 Å². The molecule has 7 aliphatic rings. The van der Waals surface area contributed by atoms with Gasteiger partial charge in [-0.05, 0) is 103 Å². The van der Waals surface area contributed by atoms with E-state index in [1.807, 2.05) is 0 Å². The largest absolute Gasteiger partial charge is 0.508 e. The maximum atomic E-state index is 16.0. The van der Waals surface area contributed by atoms with E-state index < -0.39 is 243 Å². The first-order valence-electron chi connectivity index (χ1n) is 31.4. The molecule has 21 N–H and O–H groups in total. The topological polar surface area (TPSA) is 530 Å². The first-order valence-corrected chi connectivity index (χ1v) is 32.2. The molecule has 33 nitrogen and oxygen atoms in total. The molecule has 2 fully saturated rings. The van der Waals surface area contributed by atoms with Gasteiger partial charge in [0.1, 0.15) is 89.5 Å². The Hall–Kier alpha value is -9.20. The maximum Gasteiger partial charge on any atom is 0.330 e. The SMILES string of the molecule is CN[C@@H](C(=O)N[C@H]1C(=O)N[C@@H](CC(N)=O)C(=O)N[C@H]2C(=O)N[C@H]3C(=O)N[C@H](C(=O)N[C@H](C(=O)O)c4cc(O)cc(O)c4-c4cc3ccc4O)[C@H](O)c3ccc(c(Cl)c3)Oc3cc2cc(c3O[C@@H]2O[C@H](CO)[C@@H](O)[C@H](O)[C@H]2O[C@H]2C[C@](C)(N)[C@H](O)[C@H](C)O2)Oc2ccc(cc2Cl)[C@H]1O)C(C)(C)C. The quantitative estimate of drug-likeness (QED) is 0.0834. The molecule has 5 aromatic carbocycles. The van der Waals surface area contributed by atoms with E-state index in [0.29, 0.717) is 0 Å². The second-order valence-corrected chi connectivity index (χ2v) is 27.1. The lowest BCUT2D eigenvalue weighted by Gasteiger charge is -2.47. The number of carbonyl (C=O) groups is 8. The fourth-order valence-electron chi connectivity index (χ4n) is 12.6. The summed E-state index contributed by atoms with van der Waals surface area (Å²) in [5.41, 5.74) is 7.14. The Morgan fingerprint density at radius 1 is 0.713 bits per heavy atom. The number of hydrogen-bond acceptors (Lipinski definition) is 25. The fourth-order valence-corrected chi connectivity index (χ4v) is 13.1. The zero-order valence-electron chi connectivity index (χ0n) is 54.5. The van der Waals surface area contributed by atoms with E-state index in [0.717, 1.165) is 66.7 Å². The number of carboxylic acids is 1. The van der Waals surface area contributed by atoms with Crippen molar-refractivity contribution in [3.05, 3.63) is 117 Å². The molecule has 7 heterocycles. The number of rotatable bonds is 11. The van der Waals surface area contributed by atoms with Crippen LogP contribution in [-0.4, -0.2) is 191 Å². The smallest absolute Gasteiger partial charge is 0.330 e. The minimum atomic E-state index is -2.35. The number of hydrogen-bond donors (Lipinski definition) is 19. The monoisotopic (exact) mass is 1450 g/mol. The lowest BCUT2D eigenvalue weighted by molar-refractivity contribution is -0.333. The molecule has 5 aromatic rings. The number of likely N-dealkylation sites (N-methyl/N-ethyl adjacent to an activating group) is 1. The van der Waals surface area contributed by atoms with Crippen molar-refractivity contribution in [2.24, 2.45) is 16.9 Å². The highest BCUT2D eigenvalue weighted by Crippen LogP contribution is 2.50. The number of aliphatic carboxylic acids is 1. The van der Waals surface area contributed by atoms with Crippen LogP contribution in [0.2, 0.25) is 10.0 Å². The number of nitrogens with two attached hydrogens (primary N) is 2. The number of phenolic OH excluding ortho intramolecular Hbond substituents is 3. The van der Waals surface area contributed by atoms with Gasteiger partial charge in [0.2, 0.25) is 53.4 Å². The molecule has 7 amide bonds. The van der Waals surface area contributed by atoms with E-state index >= 15 is 14.4 Å². The molecule has 7 aliphatic heterocycles. The van der Waals surface area contributed by atoms with Crippen LogP contribution in [0.1, 0.15) is 106 Å². The Labute approximate surface area is 584 Å². The minimum Gasteiger partial charge on any atom is -0.508 e. The van der Waals surface area contributed by atoms with Crippen LogP contribution in [0.25, 0.3) is 11.1 Å².